The third-order valence-electron chi connectivity index (χ3n) is 4.28. The van der Waals surface area contributed by atoms with Crippen molar-refractivity contribution in [2.45, 2.75) is 24.9 Å². The molecule has 4 rings (SSSR count). The van der Waals surface area contributed by atoms with Crippen LogP contribution in [0.25, 0.3) is 5.52 Å². The predicted molar refractivity (Wildman–Crippen MR) is 88.7 cm³/mol. The van der Waals surface area contributed by atoms with Gasteiger partial charge in [-0.25, -0.2) is 4.98 Å². The second-order valence-electron chi connectivity index (χ2n) is 6.06. The maximum absolute atomic E-state index is 12.5. The van der Waals surface area contributed by atoms with Gasteiger partial charge in [0.25, 0.3) is 5.91 Å². The third kappa shape index (κ3) is 2.76. The number of aliphatic hydroxyl groups is 1. The molecule has 6 heteroatoms. The minimum atomic E-state index is -0.770. The normalized spacial score (nSPS) is 15.4. The molecular weight excluding hydrogens is 304 g/mol. The maximum atomic E-state index is 12.5. The van der Waals surface area contributed by atoms with Crippen LogP contribution in [-0.4, -0.2) is 31.9 Å². The average molecular weight is 322 g/mol. The molecule has 0 radical (unpaired) electrons. The van der Waals surface area contributed by atoms with Crippen LogP contribution < -0.4 is 5.32 Å². The van der Waals surface area contributed by atoms with Gasteiger partial charge in [0.1, 0.15) is 5.82 Å². The van der Waals surface area contributed by atoms with Gasteiger partial charge in [0.15, 0.2) is 5.69 Å². The van der Waals surface area contributed by atoms with Crippen LogP contribution in [0, 0.1) is 0 Å². The van der Waals surface area contributed by atoms with E-state index in [4.69, 9.17) is 0 Å². The Labute approximate surface area is 139 Å². The average Bonchev–Trinajstić information content (AvgIpc) is 3.40. The number of aliphatic hydroxyl groups excluding tert-OH is 1. The summed E-state index contributed by atoms with van der Waals surface area (Å²) in [7, 11) is 0. The Morgan fingerprint density at radius 1 is 1.29 bits per heavy atom. The summed E-state index contributed by atoms with van der Waals surface area (Å²) in [6.45, 7) is 0.132. The molecule has 1 saturated carbocycles. The summed E-state index contributed by atoms with van der Waals surface area (Å²) in [5, 5.41) is 12.9. The van der Waals surface area contributed by atoms with Gasteiger partial charge in [-0.1, -0.05) is 6.07 Å². The zero-order valence-electron chi connectivity index (χ0n) is 13.1. The molecule has 6 nitrogen and oxygen atoms in total. The molecule has 1 atom stereocenters. The molecule has 3 heterocycles. The van der Waals surface area contributed by atoms with Crippen LogP contribution in [0.1, 0.15) is 46.7 Å². The zero-order chi connectivity index (χ0) is 16.5. The fourth-order valence-electron chi connectivity index (χ4n) is 2.83. The van der Waals surface area contributed by atoms with Gasteiger partial charge in [-0.2, -0.15) is 0 Å². The molecule has 1 unspecified atom stereocenters. The highest BCUT2D eigenvalue weighted by Crippen LogP contribution is 2.39. The summed E-state index contributed by atoms with van der Waals surface area (Å²) < 4.78 is 1.99. The van der Waals surface area contributed by atoms with Crippen LogP contribution in [0.3, 0.4) is 0 Å². The third-order valence-corrected chi connectivity index (χ3v) is 4.28. The van der Waals surface area contributed by atoms with E-state index < -0.39 is 6.10 Å². The summed E-state index contributed by atoms with van der Waals surface area (Å²) in [6, 6.07) is 9.20. The van der Waals surface area contributed by atoms with Crippen molar-refractivity contribution >= 4 is 11.4 Å². The van der Waals surface area contributed by atoms with Crippen molar-refractivity contribution < 1.29 is 9.90 Å². The quantitative estimate of drug-likeness (QED) is 0.753. The van der Waals surface area contributed by atoms with Gasteiger partial charge in [-0.3, -0.25) is 9.78 Å². The molecule has 24 heavy (non-hydrogen) atoms. The van der Waals surface area contributed by atoms with Gasteiger partial charge in [-0.05, 0) is 42.7 Å². The van der Waals surface area contributed by atoms with E-state index in [2.05, 4.69) is 15.3 Å². The Morgan fingerprint density at radius 3 is 2.83 bits per heavy atom. The van der Waals surface area contributed by atoms with Crippen molar-refractivity contribution in [1.82, 2.24) is 19.7 Å². The molecule has 0 aliphatic heterocycles. The smallest absolute Gasteiger partial charge is 0.272 e. The van der Waals surface area contributed by atoms with Gasteiger partial charge in [0.2, 0.25) is 0 Å². The molecule has 1 amide bonds. The van der Waals surface area contributed by atoms with E-state index in [-0.39, 0.29) is 12.5 Å². The summed E-state index contributed by atoms with van der Waals surface area (Å²) in [5.41, 5.74) is 1.94. The van der Waals surface area contributed by atoms with E-state index >= 15 is 0 Å². The van der Waals surface area contributed by atoms with E-state index in [1.807, 2.05) is 28.8 Å². The number of rotatable bonds is 5. The van der Waals surface area contributed by atoms with Crippen LogP contribution in [0.4, 0.5) is 0 Å². The van der Waals surface area contributed by atoms with Gasteiger partial charge < -0.3 is 14.8 Å². The minimum Gasteiger partial charge on any atom is -0.387 e. The zero-order valence-corrected chi connectivity index (χ0v) is 13.1. The van der Waals surface area contributed by atoms with Crippen LogP contribution in [-0.2, 0) is 0 Å². The molecule has 3 aromatic rings. The largest absolute Gasteiger partial charge is 0.387 e. The van der Waals surface area contributed by atoms with Crippen LogP contribution >= 0.6 is 0 Å². The first kappa shape index (κ1) is 14.8. The summed E-state index contributed by atoms with van der Waals surface area (Å²) in [6.07, 6.45) is 6.65. The number of pyridine rings is 2. The lowest BCUT2D eigenvalue weighted by atomic mass is 10.1. The summed E-state index contributed by atoms with van der Waals surface area (Å²) >= 11 is 0. The number of aromatic nitrogens is 3. The molecule has 0 saturated heterocycles. The van der Waals surface area contributed by atoms with Gasteiger partial charge in [0.05, 0.1) is 11.6 Å². The first-order valence-corrected chi connectivity index (χ1v) is 8.07. The van der Waals surface area contributed by atoms with Gasteiger partial charge in [-0.15, -0.1) is 0 Å². The molecule has 0 aromatic carbocycles. The fourth-order valence-corrected chi connectivity index (χ4v) is 2.83. The molecule has 0 bridgehead atoms. The molecule has 0 spiro atoms. The number of carbonyl (C=O) groups is 1. The van der Waals surface area contributed by atoms with E-state index in [9.17, 15) is 9.90 Å². The lowest BCUT2D eigenvalue weighted by Crippen LogP contribution is -2.28. The highest BCUT2D eigenvalue weighted by molar-refractivity contribution is 5.99. The Morgan fingerprint density at radius 2 is 2.08 bits per heavy atom. The number of imidazole rings is 1. The molecular formula is C18H18N4O2. The SMILES string of the molecule is O=C(NCC(O)c1ccncc1)c1nc(C2CC2)n2ccccc12. The Balaban J connectivity index is 1.53. The number of amides is 1. The maximum Gasteiger partial charge on any atom is 0.272 e. The van der Waals surface area contributed by atoms with E-state index in [0.717, 1.165) is 29.7 Å². The highest BCUT2D eigenvalue weighted by Gasteiger charge is 2.30. The Bertz CT molecular complexity index is 871. The summed E-state index contributed by atoms with van der Waals surface area (Å²) in [4.78, 5) is 21.0. The van der Waals surface area contributed by atoms with Crippen LogP contribution in [0.2, 0.25) is 0 Å². The predicted octanol–water partition coefficient (Wildman–Crippen LogP) is 2.07. The van der Waals surface area contributed by atoms with E-state index in [1.165, 1.54) is 0 Å². The number of fused-ring (bicyclic) bond motifs is 1. The van der Waals surface area contributed by atoms with E-state index in [0.29, 0.717) is 11.6 Å². The van der Waals surface area contributed by atoms with E-state index in [1.54, 1.807) is 24.5 Å². The fraction of sp³-hybridized carbons (Fsp3) is 0.278. The molecule has 1 aliphatic carbocycles. The second kappa shape index (κ2) is 6.05. The van der Waals surface area contributed by atoms with Crippen molar-refractivity contribution in [2.75, 3.05) is 6.54 Å². The monoisotopic (exact) mass is 322 g/mol. The van der Waals surface area contributed by atoms with Crippen molar-refractivity contribution in [1.29, 1.82) is 0 Å². The first-order chi connectivity index (χ1) is 11.7. The number of nitrogens with zero attached hydrogens (tertiary/aromatic N) is 3. The van der Waals surface area contributed by atoms with Crippen molar-refractivity contribution in [3.05, 3.63) is 66.0 Å². The van der Waals surface area contributed by atoms with Crippen LogP contribution in [0.15, 0.2) is 48.9 Å². The standard InChI is InChI=1S/C18H18N4O2/c23-15(12-6-8-19-9-7-12)11-20-18(24)16-14-3-1-2-10-22(14)17(21-16)13-4-5-13/h1-3,6-10,13,15,23H,4-5,11H2,(H,20,24). The Kier molecular flexibility index (Phi) is 3.74. The van der Waals surface area contributed by atoms with Crippen molar-refractivity contribution in [2.24, 2.45) is 0 Å². The highest BCUT2D eigenvalue weighted by atomic mass is 16.3. The van der Waals surface area contributed by atoms with Crippen molar-refractivity contribution in [3.8, 4) is 0 Å². The van der Waals surface area contributed by atoms with Crippen molar-refractivity contribution in [3.63, 3.8) is 0 Å². The first-order valence-electron chi connectivity index (χ1n) is 8.07. The number of carbonyl (C=O) groups excluding carboxylic acids is 1. The molecule has 122 valence electrons. The molecule has 1 fully saturated rings. The lowest BCUT2D eigenvalue weighted by molar-refractivity contribution is 0.0913. The van der Waals surface area contributed by atoms with Gasteiger partial charge in [0, 0.05) is 31.1 Å². The molecule has 2 N–H and O–H groups in total. The Hall–Kier alpha value is -2.73. The lowest BCUT2D eigenvalue weighted by Gasteiger charge is -2.11. The topological polar surface area (TPSA) is 79.5 Å². The van der Waals surface area contributed by atoms with Crippen LogP contribution in [0.5, 0.6) is 0 Å². The number of hydrogen-bond donors (Lipinski definition) is 2. The summed E-state index contributed by atoms with van der Waals surface area (Å²) in [5.74, 6) is 1.13. The molecule has 1 aliphatic rings. The molecule has 3 aromatic heterocycles. The second-order valence-corrected chi connectivity index (χ2v) is 6.06. The van der Waals surface area contributed by atoms with Gasteiger partial charge >= 0.3 is 0 Å². The number of hydrogen-bond acceptors (Lipinski definition) is 4. The number of nitrogens with one attached hydrogen (secondary N) is 1. The minimum absolute atomic E-state index is 0.132.